The summed E-state index contributed by atoms with van der Waals surface area (Å²) in [6, 6.07) is 8.80. The summed E-state index contributed by atoms with van der Waals surface area (Å²) in [5, 5.41) is 19.5. The van der Waals surface area contributed by atoms with E-state index in [9.17, 15) is 10.1 Å². The number of pyridine rings is 1. The highest BCUT2D eigenvalue weighted by Crippen LogP contribution is 2.22. The maximum Gasteiger partial charge on any atom is 0.287 e. The minimum Gasteiger partial charge on any atom is -0.508 e. The molecule has 0 atom stereocenters. The number of nitrogens with zero attached hydrogens (tertiary/aromatic N) is 2. The Morgan fingerprint density at radius 2 is 1.88 bits per heavy atom. The SMILES string of the molecule is O=[N+]([O-])c1ccc(Oc2ccc(O)cc2)nc1. The number of phenols is 1. The van der Waals surface area contributed by atoms with E-state index in [1.165, 1.54) is 24.3 Å². The summed E-state index contributed by atoms with van der Waals surface area (Å²) >= 11 is 0. The number of rotatable bonds is 3. The van der Waals surface area contributed by atoms with Crippen LogP contribution in [0.5, 0.6) is 17.4 Å². The first-order valence-corrected chi connectivity index (χ1v) is 4.72. The third kappa shape index (κ3) is 2.69. The van der Waals surface area contributed by atoms with Gasteiger partial charge in [-0.15, -0.1) is 0 Å². The van der Waals surface area contributed by atoms with Crippen LogP contribution in [-0.2, 0) is 0 Å². The Kier molecular flexibility index (Phi) is 2.87. The molecule has 1 heterocycles. The average Bonchev–Trinajstić information content (AvgIpc) is 2.33. The number of aromatic nitrogens is 1. The number of ether oxygens (including phenoxy) is 1. The van der Waals surface area contributed by atoms with Gasteiger partial charge in [-0.05, 0) is 24.3 Å². The molecule has 6 nitrogen and oxygen atoms in total. The lowest BCUT2D eigenvalue weighted by Gasteiger charge is -2.03. The zero-order valence-corrected chi connectivity index (χ0v) is 8.61. The lowest BCUT2D eigenvalue weighted by atomic mass is 10.3. The molecule has 1 aromatic carbocycles. The van der Waals surface area contributed by atoms with E-state index in [4.69, 9.17) is 9.84 Å². The lowest BCUT2D eigenvalue weighted by molar-refractivity contribution is -0.385. The molecule has 0 bridgehead atoms. The van der Waals surface area contributed by atoms with E-state index >= 15 is 0 Å². The Labute approximate surface area is 96.3 Å². The summed E-state index contributed by atoms with van der Waals surface area (Å²) in [5.41, 5.74) is -0.0944. The van der Waals surface area contributed by atoms with Crippen molar-refractivity contribution in [1.82, 2.24) is 4.98 Å². The molecule has 0 aliphatic heterocycles. The number of nitro groups is 1. The van der Waals surface area contributed by atoms with Gasteiger partial charge < -0.3 is 9.84 Å². The zero-order valence-electron chi connectivity index (χ0n) is 8.61. The van der Waals surface area contributed by atoms with Crippen LogP contribution in [0.3, 0.4) is 0 Å². The Morgan fingerprint density at radius 3 is 2.41 bits per heavy atom. The van der Waals surface area contributed by atoms with Gasteiger partial charge in [-0.1, -0.05) is 0 Å². The van der Waals surface area contributed by atoms with Gasteiger partial charge in [0.05, 0.1) is 4.92 Å². The summed E-state index contributed by atoms with van der Waals surface area (Å²) in [4.78, 5) is 13.7. The number of benzene rings is 1. The van der Waals surface area contributed by atoms with Gasteiger partial charge in [0.1, 0.15) is 17.7 Å². The van der Waals surface area contributed by atoms with Crippen LogP contribution in [0.1, 0.15) is 0 Å². The predicted molar refractivity (Wildman–Crippen MR) is 59.1 cm³/mol. The summed E-state index contributed by atoms with van der Waals surface area (Å²) in [7, 11) is 0. The van der Waals surface area contributed by atoms with E-state index in [0.29, 0.717) is 5.75 Å². The first-order chi connectivity index (χ1) is 8.15. The van der Waals surface area contributed by atoms with E-state index in [1.54, 1.807) is 12.1 Å². The molecule has 17 heavy (non-hydrogen) atoms. The summed E-state index contributed by atoms with van der Waals surface area (Å²) in [5.74, 6) is 0.874. The number of hydrogen-bond donors (Lipinski definition) is 1. The van der Waals surface area contributed by atoms with E-state index < -0.39 is 4.92 Å². The molecule has 6 heteroatoms. The molecule has 2 aromatic rings. The van der Waals surface area contributed by atoms with E-state index in [0.717, 1.165) is 6.20 Å². The standard InChI is InChI=1S/C11H8N2O4/c14-9-2-4-10(5-3-9)17-11-6-1-8(7-12-11)13(15)16/h1-7,14H. The largest absolute Gasteiger partial charge is 0.508 e. The summed E-state index contributed by atoms with van der Waals surface area (Å²) < 4.78 is 5.32. The molecule has 0 saturated carbocycles. The molecule has 0 radical (unpaired) electrons. The van der Waals surface area contributed by atoms with Gasteiger partial charge in [0.15, 0.2) is 0 Å². The van der Waals surface area contributed by atoms with Gasteiger partial charge in [0, 0.05) is 12.1 Å². The second-order valence-corrected chi connectivity index (χ2v) is 3.21. The third-order valence-electron chi connectivity index (χ3n) is 1.99. The topological polar surface area (TPSA) is 85.5 Å². The van der Waals surface area contributed by atoms with Gasteiger partial charge in [-0.3, -0.25) is 10.1 Å². The van der Waals surface area contributed by atoms with Crippen molar-refractivity contribution in [1.29, 1.82) is 0 Å². The van der Waals surface area contributed by atoms with Crippen molar-refractivity contribution >= 4 is 5.69 Å². The second kappa shape index (κ2) is 4.48. The monoisotopic (exact) mass is 232 g/mol. The molecule has 86 valence electrons. The highest BCUT2D eigenvalue weighted by Gasteiger charge is 2.06. The van der Waals surface area contributed by atoms with Gasteiger partial charge in [0.2, 0.25) is 5.88 Å². The highest BCUT2D eigenvalue weighted by molar-refractivity contribution is 5.34. The quantitative estimate of drug-likeness (QED) is 0.649. The highest BCUT2D eigenvalue weighted by atomic mass is 16.6. The smallest absolute Gasteiger partial charge is 0.287 e. The summed E-state index contributed by atoms with van der Waals surface area (Å²) in [6.07, 6.45) is 1.12. The number of aromatic hydroxyl groups is 1. The van der Waals surface area contributed by atoms with Crippen molar-refractivity contribution in [3.05, 3.63) is 52.7 Å². The van der Waals surface area contributed by atoms with Crippen LogP contribution in [0.4, 0.5) is 5.69 Å². The van der Waals surface area contributed by atoms with Crippen molar-refractivity contribution in [2.45, 2.75) is 0 Å². The Balaban J connectivity index is 2.13. The molecule has 0 unspecified atom stereocenters. The van der Waals surface area contributed by atoms with Crippen molar-refractivity contribution in [2.24, 2.45) is 0 Å². The molecule has 0 saturated heterocycles. The van der Waals surface area contributed by atoms with Crippen LogP contribution >= 0.6 is 0 Å². The molecule has 1 aromatic heterocycles. The van der Waals surface area contributed by atoms with E-state index in [1.807, 2.05) is 0 Å². The molecule has 0 fully saturated rings. The first-order valence-electron chi connectivity index (χ1n) is 4.72. The van der Waals surface area contributed by atoms with Crippen LogP contribution in [0.25, 0.3) is 0 Å². The molecule has 0 aliphatic carbocycles. The average molecular weight is 232 g/mol. The fourth-order valence-corrected chi connectivity index (χ4v) is 1.18. The van der Waals surface area contributed by atoms with Gasteiger partial charge in [-0.2, -0.15) is 0 Å². The maximum absolute atomic E-state index is 10.4. The van der Waals surface area contributed by atoms with Crippen molar-refractivity contribution in [3.8, 4) is 17.4 Å². The zero-order chi connectivity index (χ0) is 12.3. The Morgan fingerprint density at radius 1 is 1.18 bits per heavy atom. The van der Waals surface area contributed by atoms with Crippen LogP contribution in [-0.4, -0.2) is 15.0 Å². The molecule has 1 N–H and O–H groups in total. The molecule has 0 amide bonds. The fraction of sp³-hybridized carbons (Fsp3) is 0. The lowest BCUT2D eigenvalue weighted by Crippen LogP contribution is -1.91. The minimum atomic E-state index is -0.530. The molecule has 2 rings (SSSR count). The van der Waals surface area contributed by atoms with Crippen LogP contribution in [0, 0.1) is 10.1 Å². The van der Waals surface area contributed by atoms with Crippen LogP contribution < -0.4 is 4.74 Å². The van der Waals surface area contributed by atoms with Crippen molar-refractivity contribution < 1.29 is 14.8 Å². The number of phenolic OH excluding ortho intramolecular Hbond substituents is 1. The molecular formula is C11H8N2O4. The van der Waals surface area contributed by atoms with E-state index in [-0.39, 0.29) is 17.3 Å². The molecular weight excluding hydrogens is 224 g/mol. The normalized spacial score (nSPS) is 9.88. The van der Waals surface area contributed by atoms with Gasteiger partial charge in [0.25, 0.3) is 5.69 Å². The summed E-state index contributed by atoms with van der Waals surface area (Å²) in [6.45, 7) is 0. The van der Waals surface area contributed by atoms with Gasteiger partial charge >= 0.3 is 0 Å². The first kappa shape index (κ1) is 10.9. The van der Waals surface area contributed by atoms with Crippen LogP contribution in [0.15, 0.2) is 42.6 Å². The van der Waals surface area contributed by atoms with E-state index in [2.05, 4.69) is 4.98 Å². The Bertz CT molecular complexity index is 522. The molecule has 0 spiro atoms. The second-order valence-electron chi connectivity index (χ2n) is 3.21. The third-order valence-corrected chi connectivity index (χ3v) is 1.99. The number of hydrogen-bond acceptors (Lipinski definition) is 5. The fourth-order valence-electron chi connectivity index (χ4n) is 1.18. The predicted octanol–water partition coefficient (Wildman–Crippen LogP) is 2.49. The maximum atomic E-state index is 10.4. The van der Waals surface area contributed by atoms with Crippen molar-refractivity contribution in [3.63, 3.8) is 0 Å². The Hall–Kier alpha value is -2.63. The van der Waals surface area contributed by atoms with Crippen molar-refractivity contribution in [2.75, 3.05) is 0 Å². The van der Waals surface area contributed by atoms with Gasteiger partial charge in [-0.25, -0.2) is 4.98 Å². The van der Waals surface area contributed by atoms with Crippen LogP contribution in [0.2, 0.25) is 0 Å². The minimum absolute atomic E-state index is 0.0944. The molecule has 0 aliphatic rings.